The number of hydrogen-bond donors (Lipinski definition) is 1. The summed E-state index contributed by atoms with van der Waals surface area (Å²) in [6, 6.07) is -0.161. The zero-order valence-corrected chi connectivity index (χ0v) is 17.6. The second-order valence-corrected chi connectivity index (χ2v) is 8.60. The molecule has 0 aromatic heterocycles. The van der Waals surface area contributed by atoms with Crippen LogP contribution >= 0.6 is 0 Å². The van der Waals surface area contributed by atoms with Gasteiger partial charge in [-0.2, -0.15) is 0 Å². The van der Waals surface area contributed by atoms with Crippen LogP contribution in [0.2, 0.25) is 0 Å². The minimum Gasteiger partial charge on any atom is -0.459 e. The number of carbonyl (C=O) groups is 2. The van der Waals surface area contributed by atoms with Crippen molar-refractivity contribution < 1.29 is 19.1 Å². The molecule has 0 saturated carbocycles. The molecule has 1 aliphatic rings. The van der Waals surface area contributed by atoms with Gasteiger partial charge in [0.05, 0.1) is 6.61 Å². The average molecular weight is 371 g/mol. The first-order valence-electron chi connectivity index (χ1n) is 9.80. The summed E-state index contributed by atoms with van der Waals surface area (Å²) in [7, 11) is 1.70. The lowest BCUT2D eigenvalue weighted by molar-refractivity contribution is -0.160. The Morgan fingerprint density at radius 3 is 2.46 bits per heavy atom. The Labute approximate surface area is 159 Å². The van der Waals surface area contributed by atoms with E-state index in [0.717, 1.165) is 32.4 Å². The summed E-state index contributed by atoms with van der Waals surface area (Å²) < 4.78 is 11.0. The smallest absolute Gasteiger partial charge is 0.323 e. The Hall–Kier alpha value is -1.14. The molecule has 26 heavy (non-hydrogen) atoms. The molecule has 1 N–H and O–H groups in total. The van der Waals surface area contributed by atoms with Gasteiger partial charge in [0.15, 0.2) is 0 Å². The Morgan fingerprint density at radius 2 is 1.96 bits per heavy atom. The fourth-order valence-corrected chi connectivity index (χ4v) is 3.78. The number of hydrogen-bond acceptors (Lipinski definition) is 5. The van der Waals surface area contributed by atoms with Crippen molar-refractivity contribution in [1.82, 2.24) is 10.2 Å². The number of ether oxygens (including phenoxy) is 2. The van der Waals surface area contributed by atoms with Gasteiger partial charge in [0.2, 0.25) is 5.91 Å². The van der Waals surface area contributed by atoms with Crippen molar-refractivity contribution in [1.29, 1.82) is 0 Å². The van der Waals surface area contributed by atoms with Crippen molar-refractivity contribution in [2.75, 3.05) is 26.8 Å². The fraction of sp³-hybridized carbons (Fsp3) is 0.900. The van der Waals surface area contributed by atoms with Gasteiger partial charge in [0.25, 0.3) is 0 Å². The number of rotatable bonds is 9. The molecule has 1 amide bonds. The van der Waals surface area contributed by atoms with Gasteiger partial charge in [-0.25, -0.2) is 0 Å². The molecular weight excluding hydrogens is 332 g/mol. The summed E-state index contributed by atoms with van der Waals surface area (Å²) in [6.45, 7) is 13.7. The second kappa shape index (κ2) is 10.3. The molecule has 2 unspecified atom stereocenters. The molecular formula is C20H38N2O4. The number of esters is 1. The highest BCUT2D eigenvalue weighted by molar-refractivity contribution is 5.76. The highest BCUT2D eigenvalue weighted by atomic mass is 16.6. The predicted molar refractivity (Wildman–Crippen MR) is 103 cm³/mol. The van der Waals surface area contributed by atoms with Crippen LogP contribution in [0, 0.1) is 11.8 Å². The van der Waals surface area contributed by atoms with E-state index in [2.05, 4.69) is 17.1 Å². The number of nitrogens with one attached hydrogen (secondary N) is 1. The zero-order valence-electron chi connectivity index (χ0n) is 17.6. The molecule has 1 saturated heterocycles. The van der Waals surface area contributed by atoms with E-state index in [-0.39, 0.29) is 24.0 Å². The van der Waals surface area contributed by atoms with Gasteiger partial charge >= 0.3 is 5.97 Å². The monoisotopic (exact) mass is 370 g/mol. The maximum Gasteiger partial charge on any atom is 0.323 e. The number of carbonyl (C=O) groups excluding carboxylic acids is 2. The number of amides is 1. The molecule has 0 aliphatic carbocycles. The summed E-state index contributed by atoms with van der Waals surface area (Å²) in [5.41, 5.74) is -0.492. The van der Waals surface area contributed by atoms with E-state index >= 15 is 0 Å². The summed E-state index contributed by atoms with van der Waals surface area (Å²) >= 11 is 0. The number of likely N-dealkylation sites (tertiary alicyclic amines) is 1. The van der Waals surface area contributed by atoms with Crippen LogP contribution < -0.4 is 5.32 Å². The molecule has 0 radical (unpaired) electrons. The minimum absolute atomic E-state index is 0.0130. The summed E-state index contributed by atoms with van der Waals surface area (Å²) in [6.07, 6.45) is 2.81. The normalized spacial score (nSPS) is 23.5. The van der Waals surface area contributed by atoms with Crippen LogP contribution in [-0.2, 0) is 19.1 Å². The van der Waals surface area contributed by atoms with Gasteiger partial charge in [-0.15, -0.1) is 0 Å². The number of nitrogens with zero attached hydrogens (tertiary/aromatic N) is 1. The van der Waals surface area contributed by atoms with Crippen LogP contribution in [0.4, 0.5) is 0 Å². The van der Waals surface area contributed by atoms with E-state index in [1.165, 1.54) is 0 Å². The standard InChI is InChI=1S/C20H38N2O4/c1-8-9-17(14(2)21-15(3)23)12-22-11-16(13-25-7)10-18(22)19(24)26-20(4,5)6/h14,16-18H,8-13H2,1-7H3,(H,21,23)/t14?,16-,17?,18-/m1/s1. The molecule has 1 rings (SSSR count). The van der Waals surface area contributed by atoms with E-state index in [9.17, 15) is 9.59 Å². The molecule has 1 aliphatic heterocycles. The first-order valence-corrected chi connectivity index (χ1v) is 9.80. The van der Waals surface area contributed by atoms with Crippen LogP contribution in [0.15, 0.2) is 0 Å². The lowest BCUT2D eigenvalue weighted by Gasteiger charge is -2.32. The Morgan fingerprint density at radius 1 is 1.31 bits per heavy atom. The van der Waals surface area contributed by atoms with Crippen LogP contribution in [0.5, 0.6) is 0 Å². The predicted octanol–water partition coefficient (Wildman–Crippen LogP) is 2.61. The third kappa shape index (κ3) is 7.62. The molecule has 152 valence electrons. The maximum atomic E-state index is 12.7. The maximum absolute atomic E-state index is 12.7. The van der Waals surface area contributed by atoms with E-state index in [4.69, 9.17) is 9.47 Å². The molecule has 4 atom stereocenters. The van der Waals surface area contributed by atoms with E-state index < -0.39 is 5.60 Å². The van der Waals surface area contributed by atoms with E-state index in [0.29, 0.717) is 18.4 Å². The molecule has 0 aromatic rings. The molecule has 0 aromatic carbocycles. The quantitative estimate of drug-likeness (QED) is 0.632. The highest BCUT2D eigenvalue weighted by Gasteiger charge is 2.40. The van der Waals surface area contributed by atoms with Gasteiger partial charge in [-0.1, -0.05) is 13.3 Å². The van der Waals surface area contributed by atoms with Crippen LogP contribution in [-0.4, -0.2) is 61.3 Å². The summed E-state index contributed by atoms with van der Waals surface area (Å²) in [4.78, 5) is 26.4. The molecule has 1 heterocycles. The fourth-order valence-electron chi connectivity index (χ4n) is 3.78. The van der Waals surface area contributed by atoms with Crippen molar-refractivity contribution in [3.05, 3.63) is 0 Å². The summed E-state index contributed by atoms with van der Waals surface area (Å²) in [5, 5.41) is 3.01. The Balaban J connectivity index is 2.87. The first-order chi connectivity index (χ1) is 12.1. The van der Waals surface area contributed by atoms with Crippen molar-refractivity contribution in [2.24, 2.45) is 11.8 Å². The van der Waals surface area contributed by atoms with Crippen LogP contribution in [0.1, 0.15) is 60.8 Å². The second-order valence-electron chi connectivity index (χ2n) is 8.60. The van der Waals surface area contributed by atoms with Crippen molar-refractivity contribution in [3.8, 4) is 0 Å². The van der Waals surface area contributed by atoms with E-state index in [1.807, 2.05) is 27.7 Å². The zero-order chi connectivity index (χ0) is 19.9. The molecule has 1 fully saturated rings. The Bertz CT molecular complexity index is 461. The lowest BCUT2D eigenvalue weighted by Crippen LogP contribution is -2.46. The number of methoxy groups -OCH3 is 1. The van der Waals surface area contributed by atoms with Crippen molar-refractivity contribution >= 4 is 11.9 Å². The SMILES string of the molecule is CCCC(CN1C[C@H](COC)C[C@@H]1C(=O)OC(C)(C)C)C(C)NC(C)=O. The average Bonchev–Trinajstić information content (AvgIpc) is 2.87. The van der Waals surface area contributed by atoms with E-state index in [1.54, 1.807) is 14.0 Å². The van der Waals surface area contributed by atoms with Gasteiger partial charge in [-0.05, 0) is 52.4 Å². The minimum atomic E-state index is -0.492. The molecule has 6 heteroatoms. The molecule has 6 nitrogen and oxygen atoms in total. The largest absolute Gasteiger partial charge is 0.459 e. The van der Waals surface area contributed by atoms with Crippen molar-refractivity contribution in [3.63, 3.8) is 0 Å². The highest BCUT2D eigenvalue weighted by Crippen LogP contribution is 2.28. The topological polar surface area (TPSA) is 67.9 Å². The van der Waals surface area contributed by atoms with Gasteiger partial charge in [0, 0.05) is 33.2 Å². The van der Waals surface area contributed by atoms with Gasteiger partial charge in [-0.3, -0.25) is 14.5 Å². The summed E-state index contributed by atoms with van der Waals surface area (Å²) in [5.74, 6) is 0.463. The van der Waals surface area contributed by atoms with Gasteiger partial charge < -0.3 is 14.8 Å². The van der Waals surface area contributed by atoms with Gasteiger partial charge in [0.1, 0.15) is 11.6 Å². The third-order valence-corrected chi connectivity index (χ3v) is 4.84. The molecule has 0 spiro atoms. The van der Waals surface area contributed by atoms with Crippen LogP contribution in [0.3, 0.4) is 0 Å². The third-order valence-electron chi connectivity index (χ3n) is 4.84. The molecule has 0 bridgehead atoms. The Kier molecular flexibility index (Phi) is 9.04. The van der Waals surface area contributed by atoms with Crippen LogP contribution in [0.25, 0.3) is 0 Å². The van der Waals surface area contributed by atoms with Crippen molar-refractivity contribution in [2.45, 2.75) is 78.5 Å². The first kappa shape index (κ1) is 22.9. The lowest BCUT2D eigenvalue weighted by atomic mass is 9.95.